The molecule has 29 heavy (non-hydrogen) atoms. The molecule has 1 fully saturated rings. The van der Waals surface area contributed by atoms with Gasteiger partial charge in [-0.15, -0.1) is 13.2 Å². The molecule has 1 aromatic heterocycles. The van der Waals surface area contributed by atoms with Crippen molar-refractivity contribution in [2.75, 3.05) is 18.4 Å². The zero-order valence-electron chi connectivity index (χ0n) is 14.9. The summed E-state index contributed by atoms with van der Waals surface area (Å²) in [5, 5.41) is 14.1. The summed E-state index contributed by atoms with van der Waals surface area (Å²) >= 11 is 1.12. The fraction of sp³-hybridized carbons (Fsp3) is 0.353. The average Bonchev–Trinajstić information content (AvgIpc) is 3.09. The van der Waals surface area contributed by atoms with Crippen LogP contribution in [-0.4, -0.2) is 52.6 Å². The van der Waals surface area contributed by atoms with E-state index in [4.69, 9.17) is 5.11 Å². The minimum atomic E-state index is -4.78. The summed E-state index contributed by atoms with van der Waals surface area (Å²) in [7, 11) is 0. The Morgan fingerprint density at radius 3 is 2.66 bits per heavy atom. The second-order valence-electron chi connectivity index (χ2n) is 6.25. The van der Waals surface area contributed by atoms with Gasteiger partial charge in [-0.25, -0.2) is 14.6 Å². The second-order valence-corrected chi connectivity index (χ2v) is 7.28. The van der Waals surface area contributed by atoms with Gasteiger partial charge >= 0.3 is 18.5 Å². The molecule has 1 saturated heterocycles. The highest BCUT2D eigenvalue weighted by Crippen LogP contribution is 2.32. The SMILES string of the molecule is O=C(O)NC1CCN(C(=O)Nc2ncc(-c3cccc(OC(F)(F)F)c3)s2)CC1. The van der Waals surface area contributed by atoms with Gasteiger partial charge in [0.2, 0.25) is 0 Å². The first kappa shape index (κ1) is 20.7. The van der Waals surface area contributed by atoms with Crippen molar-refractivity contribution in [1.82, 2.24) is 15.2 Å². The molecule has 1 aliphatic heterocycles. The number of aromatic nitrogens is 1. The Hall–Kier alpha value is -3.02. The fourth-order valence-corrected chi connectivity index (χ4v) is 3.69. The number of nitrogens with zero attached hydrogens (tertiary/aromatic N) is 2. The van der Waals surface area contributed by atoms with Gasteiger partial charge in [-0.3, -0.25) is 5.32 Å². The van der Waals surface area contributed by atoms with Gasteiger partial charge in [0.05, 0.1) is 4.88 Å². The number of carboxylic acid groups (broad SMARTS) is 1. The summed E-state index contributed by atoms with van der Waals surface area (Å²) in [4.78, 5) is 29.2. The Kier molecular flexibility index (Phi) is 6.11. The van der Waals surface area contributed by atoms with Gasteiger partial charge in [-0.2, -0.15) is 0 Å². The van der Waals surface area contributed by atoms with Gasteiger partial charge in [0.25, 0.3) is 0 Å². The number of anilines is 1. The first-order chi connectivity index (χ1) is 13.7. The monoisotopic (exact) mass is 430 g/mol. The van der Waals surface area contributed by atoms with E-state index in [0.29, 0.717) is 41.5 Å². The number of carbonyl (C=O) groups is 2. The minimum absolute atomic E-state index is 0.186. The molecule has 3 N–H and O–H groups in total. The molecule has 0 unspecified atom stereocenters. The van der Waals surface area contributed by atoms with E-state index in [0.717, 1.165) is 11.3 Å². The molecule has 0 bridgehead atoms. The first-order valence-electron chi connectivity index (χ1n) is 8.57. The Labute approximate surface area is 167 Å². The van der Waals surface area contributed by atoms with Crippen LogP contribution in [0.25, 0.3) is 10.4 Å². The van der Waals surface area contributed by atoms with Crippen molar-refractivity contribution in [3.8, 4) is 16.2 Å². The van der Waals surface area contributed by atoms with Crippen LogP contribution in [0.2, 0.25) is 0 Å². The molecule has 0 saturated carbocycles. The lowest BCUT2D eigenvalue weighted by Crippen LogP contribution is -2.47. The number of nitrogens with one attached hydrogen (secondary N) is 2. The third-order valence-electron chi connectivity index (χ3n) is 4.18. The summed E-state index contributed by atoms with van der Waals surface area (Å²) in [5.41, 5.74) is 0.477. The second kappa shape index (κ2) is 8.55. The van der Waals surface area contributed by atoms with Gasteiger partial charge in [0.1, 0.15) is 5.75 Å². The van der Waals surface area contributed by atoms with Crippen LogP contribution in [0.4, 0.5) is 27.9 Å². The summed E-state index contributed by atoms with van der Waals surface area (Å²) < 4.78 is 41.0. The van der Waals surface area contributed by atoms with Crippen molar-refractivity contribution < 1.29 is 32.6 Å². The Morgan fingerprint density at radius 2 is 2.00 bits per heavy atom. The van der Waals surface area contributed by atoms with E-state index < -0.39 is 12.5 Å². The molecule has 0 spiro atoms. The minimum Gasteiger partial charge on any atom is -0.465 e. The van der Waals surface area contributed by atoms with Crippen LogP contribution in [0.3, 0.4) is 0 Å². The first-order valence-corrected chi connectivity index (χ1v) is 9.38. The van der Waals surface area contributed by atoms with E-state index in [2.05, 4.69) is 20.4 Å². The lowest BCUT2D eigenvalue weighted by Gasteiger charge is -2.31. The van der Waals surface area contributed by atoms with E-state index >= 15 is 0 Å². The molecule has 8 nitrogen and oxygen atoms in total. The number of carbonyl (C=O) groups excluding carboxylic acids is 1. The molecule has 3 amide bonds. The van der Waals surface area contributed by atoms with Gasteiger partial charge in [0.15, 0.2) is 5.13 Å². The van der Waals surface area contributed by atoms with E-state index in [1.165, 1.54) is 24.4 Å². The summed E-state index contributed by atoms with van der Waals surface area (Å²) in [6, 6.07) is 4.94. The molecule has 0 atom stereocenters. The molecule has 2 heterocycles. The van der Waals surface area contributed by atoms with Crippen molar-refractivity contribution >= 4 is 28.6 Å². The lowest BCUT2D eigenvalue weighted by atomic mass is 10.1. The molecular formula is C17H17F3N4O4S. The molecule has 3 rings (SSSR count). The standard InChI is InChI=1S/C17H17F3N4O4S/c18-17(19,20)28-12-3-1-2-10(8-12)13-9-21-14(29-13)23-15(25)24-6-4-11(5-7-24)22-16(26)27/h1-3,8-9,11,22H,4-7H2,(H,26,27)(H,21,23,25). The number of rotatable bonds is 4. The van der Waals surface area contributed by atoms with Gasteiger partial charge < -0.3 is 20.1 Å². The van der Waals surface area contributed by atoms with Crippen molar-refractivity contribution in [1.29, 1.82) is 0 Å². The number of halogens is 3. The molecule has 2 aromatic rings. The number of ether oxygens (including phenoxy) is 1. The number of benzene rings is 1. The fourth-order valence-electron chi connectivity index (χ4n) is 2.88. The highest BCUT2D eigenvalue weighted by atomic mass is 32.1. The Bertz CT molecular complexity index is 882. The van der Waals surface area contributed by atoms with E-state index in [1.807, 2.05) is 0 Å². The number of alkyl halides is 3. The highest BCUT2D eigenvalue weighted by molar-refractivity contribution is 7.19. The summed E-state index contributed by atoms with van der Waals surface area (Å²) in [5.74, 6) is -0.341. The van der Waals surface area contributed by atoms with Crippen LogP contribution in [0.15, 0.2) is 30.5 Å². The third kappa shape index (κ3) is 5.98. The van der Waals surface area contributed by atoms with Gasteiger partial charge in [-0.1, -0.05) is 23.5 Å². The zero-order chi connectivity index (χ0) is 21.0. The van der Waals surface area contributed by atoms with Gasteiger partial charge in [-0.05, 0) is 30.5 Å². The van der Waals surface area contributed by atoms with Crippen LogP contribution < -0.4 is 15.4 Å². The maximum absolute atomic E-state index is 12.4. The maximum Gasteiger partial charge on any atom is 0.573 e. The van der Waals surface area contributed by atoms with Crippen LogP contribution in [0, 0.1) is 0 Å². The molecule has 156 valence electrons. The van der Waals surface area contributed by atoms with Gasteiger partial charge in [0, 0.05) is 25.3 Å². The highest BCUT2D eigenvalue weighted by Gasteiger charge is 2.31. The number of thiazole rings is 1. The molecule has 0 aliphatic carbocycles. The molecule has 12 heteroatoms. The van der Waals surface area contributed by atoms with Crippen molar-refractivity contribution in [2.24, 2.45) is 0 Å². The summed E-state index contributed by atoms with van der Waals surface area (Å²) in [6.45, 7) is 0.789. The maximum atomic E-state index is 12.4. The number of hydrogen-bond acceptors (Lipinski definition) is 5. The van der Waals surface area contributed by atoms with Crippen molar-refractivity contribution in [3.05, 3.63) is 30.5 Å². The third-order valence-corrected chi connectivity index (χ3v) is 5.14. The predicted octanol–water partition coefficient (Wildman–Crippen LogP) is 3.97. The number of likely N-dealkylation sites (tertiary alicyclic amines) is 1. The van der Waals surface area contributed by atoms with Crippen LogP contribution >= 0.6 is 11.3 Å². The number of amides is 3. The van der Waals surface area contributed by atoms with Crippen LogP contribution in [0.1, 0.15) is 12.8 Å². The van der Waals surface area contributed by atoms with E-state index in [1.54, 1.807) is 11.0 Å². The molecule has 1 aliphatic rings. The number of hydrogen-bond donors (Lipinski definition) is 3. The predicted molar refractivity (Wildman–Crippen MR) is 99.0 cm³/mol. The average molecular weight is 430 g/mol. The Balaban J connectivity index is 1.59. The smallest absolute Gasteiger partial charge is 0.465 e. The van der Waals surface area contributed by atoms with Crippen molar-refractivity contribution in [3.63, 3.8) is 0 Å². The summed E-state index contributed by atoms with van der Waals surface area (Å²) in [6.07, 6.45) is -3.40. The van der Waals surface area contributed by atoms with Crippen molar-refractivity contribution in [2.45, 2.75) is 25.2 Å². The van der Waals surface area contributed by atoms with Crippen LogP contribution in [-0.2, 0) is 0 Å². The molecular weight excluding hydrogens is 413 g/mol. The molecule has 1 aromatic carbocycles. The zero-order valence-corrected chi connectivity index (χ0v) is 15.7. The normalized spacial score (nSPS) is 15.1. The lowest BCUT2D eigenvalue weighted by molar-refractivity contribution is -0.274. The van der Waals surface area contributed by atoms with E-state index in [-0.39, 0.29) is 17.8 Å². The van der Waals surface area contributed by atoms with Crippen LogP contribution in [0.5, 0.6) is 5.75 Å². The Morgan fingerprint density at radius 1 is 1.28 bits per heavy atom. The molecule has 0 radical (unpaired) electrons. The quantitative estimate of drug-likeness (QED) is 0.681. The topological polar surface area (TPSA) is 104 Å². The largest absolute Gasteiger partial charge is 0.573 e. The van der Waals surface area contributed by atoms with E-state index in [9.17, 15) is 22.8 Å². The number of urea groups is 1. The number of piperidine rings is 1.